The number of nitrogens with zero attached hydrogens (tertiary/aromatic N) is 1. The molecule has 0 saturated carbocycles. The van der Waals surface area contributed by atoms with E-state index in [-0.39, 0.29) is 18.5 Å². The number of nitrogens with one attached hydrogen (secondary N) is 2. The molecule has 2 aliphatic rings. The summed E-state index contributed by atoms with van der Waals surface area (Å²) in [6.07, 6.45) is 0.507. The van der Waals surface area contributed by atoms with Gasteiger partial charge in [-0.2, -0.15) is 0 Å². The number of carbonyl (C=O) groups is 2. The van der Waals surface area contributed by atoms with Crippen molar-refractivity contribution in [2.24, 2.45) is 5.73 Å². The van der Waals surface area contributed by atoms with Crippen LogP contribution in [-0.4, -0.2) is 43.8 Å². The van der Waals surface area contributed by atoms with Gasteiger partial charge in [-0.25, -0.2) is 4.79 Å². The third-order valence-electron chi connectivity index (χ3n) is 3.78. The van der Waals surface area contributed by atoms with E-state index in [1.165, 1.54) is 0 Å². The predicted octanol–water partition coefficient (Wildman–Crippen LogP) is 0.272. The van der Waals surface area contributed by atoms with E-state index in [1.54, 1.807) is 23.1 Å². The lowest BCUT2D eigenvalue weighted by Gasteiger charge is -2.21. The minimum Gasteiger partial charge on any atom is -0.379 e. The number of anilines is 2. The quantitative estimate of drug-likeness (QED) is 0.744. The van der Waals surface area contributed by atoms with Crippen molar-refractivity contribution in [1.82, 2.24) is 5.32 Å². The van der Waals surface area contributed by atoms with E-state index in [0.29, 0.717) is 31.8 Å². The first-order valence-corrected chi connectivity index (χ1v) is 6.92. The summed E-state index contributed by atoms with van der Waals surface area (Å²) in [5, 5.41) is 5.54. The number of nitrogens with two attached hydrogens (primary N) is 1. The standard InChI is InChI=1S/C14H18N4O3/c15-14(4-7-21-9-14)12(19)17-10-2-1-3-11(8-10)18-6-5-16-13(18)20/h1-3,8H,4-7,9,15H2,(H,16,20)(H,17,19). The zero-order chi connectivity index (χ0) is 14.9. The normalized spacial score (nSPS) is 25.0. The van der Waals surface area contributed by atoms with Crippen molar-refractivity contribution in [3.8, 4) is 0 Å². The highest BCUT2D eigenvalue weighted by Gasteiger charge is 2.38. The van der Waals surface area contributed by atoms with Crippen molar-refractivity contribution in [3.63, 3.8) is 0 Å². The van der Waals surface area contributed by atoms with Crippen molar-refractivity contribution < 1.29 is 14.3 Å². The molecule has 7 heteroatoms. The second kappa shape index (κ2) is 5.34. The fourth-order valence-corrected chi connectivity index (χ4v) is 2.48. The average Bonchev–Trinajstić information content (AvgIpc) is 3.09. The topological polar surface area (TPSA) is 96.7 Å². The van der Waals surface area contributed by atoms with E-state index < -0.39 is 5.54 Å². The highest BCUT2D eigenvalue weighted by atomic mass is 16.5. The molecule has 1 atom stereocenters. The molecule has 1 aromatic rings. The summed E-state index contributed by atoms with van der Waals surface area (Å²) in [5.41, 5.74) is 6.42. The minimum absolute atomic E-state index is 0.127. The maximum Gasteiger partial charge on any atom is 0.321 e. The van der Waals surface area contributed by atoms with Crippen molar-refractivity contribution in [2.45, 2.75) is 12.0 Å². The maximum absolute atomic E-state index is 12.2. The summed E-state index contributed by atoms with van der Waals surface area (Å²) >= 11 is 0. The third-order valence-corrected chi connectivity index (χ3v) is 3.78. The van der Waals surface area contributed by atoms with Gasteiger partial charge in [0.2, 0.25) is 5.91 Å². The van der Waals surface area contributed by atoms with Crippen LogP contribution in [0.2, 0.25) is 0 Å². The molecule has 2 fully saturated rings. The Morgan fingerprint density at radius 1 is 1.48 bits per heavy atom. The largest absolute Gasteiger partial charge is 0.379 e. The molecular weight excluding hydrogens is 272 g/mol. The second-order valence-electron chi connectivity index (χ2n) is 5.35. The molecule has 112 valence electrons. The van der Waals surface area contributed by atoms with Gasteiger partial charge in [0.25, 0.3) is 0 Å². The molecule has 0 bridgehead atoms. The van der Waals surface area contributed by atoms with Crippen molar-refractivity contribution >= 4 is 23.3 Å². The monoisotopic (exact) mass is 290 g/mol. The van der Waals surface area contributed by atoms with Crippen LogP contribution in [0.1, 0.15) is 6.42 Å². The zero-order valence-corrected chi connectivity index (χ0v) is 11.6. The Morgan fingerprint density at radius 3 is 3.00 bits per heavy atom. The second-order valence-corrected chi connectivity index (χ2v) is 5.35. The van der Waals surface area contributed by atoms with Crippen LogP contribution in [0.4, 0.5) is 16.2 Å². The van der Waals surface area contributed by atoms with Gasteiger partial charge in [-0.3, -0.25) is 9.69 Å². The van der Waals surface area contributed by atoms with E-state index in [4.69, 9.17) is 10.5 Å². The molecule has 3 rings (SSSR count). The SMILES string of the molecule is NC1(C(=O)Nc2cccc(N3CCNC3=O)c2)CCOC1. The van der Waals surface area contributed by atoms with E-state index >= 15 is 0 Å². The molecule has 7 nitrogen and oxygen atoms in total. The summed E-state index contributed by atoms with van der Waals surface area (Å²) in [4.78, 5) is 25.5. The van der Waals surface area contributed by atoms with Crippen molar-refractivity contribution in [3.05, 3.63) is 24.3 Å². The Labute approximate surface area is 122 Å². The summed E-state index contributed by atoms with van der Waals surface area (Å²) in [6, 6.07) is 7.04. The molecule has 2 saturated heterocycles. The maximum atomic E-state index is 12.2. The zero-order valence-electron chi connectivity index (χ0n) is 11.6. The van der Waals surface area contributed by atoms with E-state index in [0.717, 1.165) is 5.69 Å². The van der Waals surface area contributed by atoms with Crippen LogP contribution in [0.5, 0.6) is 0 Å². The molecule has 4 N–H and O–H groups in total. The molecule has 0 radical (unpaired) electrons. The molecule has 21 heavy (non-hydrogen) atoms. The van der Waals surface area contributed by atoms with Crippen molar-refractivity contribution in [1.29, 1.82) is 0 Å². The van der Waals surface area contributed by atoms with Gasteiger partial charge in [0.05, 0.1) is 6.61 Å². The van der Waals surface area contributed by atoms with Gasteiger partial charge in [0.15, 0.2) is 0 Å². The predicted molar refractivity (Wildman–Crippen MR) is 78.2 cm³/mol. The van der Waals surface area contributed by atoms with Gasteiger partial charge in [0.1, 0.15) is 5.54 Å². The number of urea groups is 1. The first kappa shape index (κ1) is 13.8. The van der Waals surface area contributed by atoms with Gasteiger partial charge in [0, 0.05) is 31.1 Å². The Bertz CT molecular complexity index is 569. The molecule has 1 unspecified atom stereocenters. The van der Waals surface area contributed by atoms with Gasteiger partial charge in [-0.1, -0.05) is 6.07 Å². The Balaban J connectivity index is 1.74. The van der Waals surface area contributed by atoms with Gasteiger partial charge < -0.3 is 21.1 Å². The molecule has 2 aliphatic heterocycles. The Morgan fingerprint density at radius 2 is 2.33 bits per heavy atom. The van der Waals surface area contributed by atoms with E-state index in [1.807, 2.05) is 6.07 Å². The number of ether oxygens (including phenoxy) is 1. The molecule has 0 aromatic heterocycles. The Hall–Kier alpha value is -2.12. The van der Waals surface area contributed by atoms with Crippen LogP contribution < -0.4 is 21.3 Å². The summed E-state index contributed by atoms with van der Waals surface area (Å²) < 4.78 is 5.19. The van der Waals surface area contributed by atoms with Crippen LogP contribution in [0.15, 0.2) is 24.3 Å². The lowest BCUT2D eigenvalue weighted by molar-refractivity contribution is -0.121. The fraction of sp³-hybridized carbons (Fsp3) is 0.429. The van der Waals surface area contributed by atoms with Gasteiger partial charge in [-0.05, 0) is 24.6 Å². The number of carbonyl (C=O) groups excluding carboxylic acids is 2. The van der Waals surface area contributed by atoms with Gasteiger partial charge >= 0.3 is 6.03 Å². The fourth-order valence-electron chi connectivity index (χ4n) is 2.48. The number of hydrogen-bond acceptors (Lipinski definition) is 4. The number of rotatable bonds is 3. The van der Waals surface area contributed by atoms with Crippen molar-refractivity contribution in [2.75, 3.05) is 36.5 Å². The molecular formula is C14H18N4O3. The van der Waals surface area contributed by atoms with Crippen LogP contribution in [-0.2, 0) is 9.53 Å². The van der Waals surface area contributed by atoms with Crippen LogP contribution >= 0.6 is 0 Å². The van der Waals surface area contributed by atoms with Gasteiger partial charge in [-0.15, -0.1) is 0 Å². The lowest BCUT2D eigenvalue weighted by atomic mass is 9.99. The molecule has 2 heterocycles. The highest BCUT2D eigenvalue weighted by molar-refractivity contribution is 5.99. The smallest absolute Gasteiger partial charge is 0.321 e. The highest BCUT2D eigenvalue weighted by Crippen LogP contribution is 2.23. The van der Waals surface area contributed by atoms with Crippen LogP contribution in [0.25, 0.3) is 0 Å². The number of benzene rings is 1. The first-order valence-electron chi connectivity index (χ1n) is 6.92. The molecule has 3 amide bonds. The van der Waals surface area contributed by atoms with Crippen LogP contribution in [0.3, 0.4) is 0 Å². The average molecular weight is 290 g/mol. The molecule has 1 aromatic carbocycles. The number of amides is 3. The van der Waals surface area contributed by atoms with E-state index in [9.17, 15) is 9.59 Å². The summed E-state index contributed by atoms with van der Waals surface area (Å²) in [7, 11) is 0. The summed E-state index contributed by atoms with van der Waals surface area (Å²) in [6.45, 7) is 1.97. The Kier molecular flexibility index (Phi) is 3.52. The van der Waals surface area contributed by atoms with E-state index in [2.05, 4.69) is 10.6 Å². The first-order chi connectivity index (χ1) is 10.1. The summed E-state index contributed by atoms with van der Waals surface area (Å²) in [5.74, 6) is -0.261. The van der Waals surface area contributed by atoms with Crippen LogP contribution in [0, 0.1) is 0 Å². The molecule has 0 spiro atoms. The molecule has 0 aliphatic carbocycles. The lowest BCUT2D eigenvalue weighted by Crippen LogP contribution is -2.51. The number of hydrogen-bond donors (Lipinski definition) is 3. The third kappa shape index (κ3) is 2.70. The minimum atomic E-state index is -0.971.